The van der Waals surface area contributed by atoms with Gasteiger partial charge in [-0.05, 0) is 24.8 Å². The topological polar surface area (TPSA) is 46.5 Å². The summed E-state index contributed by atoms with van der Waals surface area (Å²) < 4.78 is 4.45. The number of aryl methyl sites for hydroxylation is 1. The molecule has 1 rings (SSSR count). The van der Waals surface area contributed by atoms with Gasteiger partial charge in [0.2, 0.25) is 0 Å². The lowest BCUT2D eigenvalue weighted by atomic mass is 10.0. The van der Waals surface area contributed by atoms with Gasteiger partial charge in [0.1, 0.15) is 0 Å². The Balaban J connectivity index is 1.83. The van der Waals surface area contributed by atoms with Crippen molar-refractivity contribution in [2.75, 3.05) is 6.61 Å². The highest BCUT2D eigenvalue weighted by Crippen LogP contribution is 2.10. The Morgan fingerprint density at radius 3 is 2.11 bits per heavy atom. The van der Waals surface area contributed by atoms with Gasteiger partial charge in [-0.2, -0.15) is 0 Å². The molecule has 3 heteroatoms. The van der Waals surface area contributed by atoms with Gasteiger partial charge in [0.15, 0.2) is 0 Å². The monoisotopic (exact) mass is 264 g/mol. The van der Waals surface area contributed by atoms with E-state index in [1.165, 1.54) is 44.1 Å². The molecule has 0 aliphatic rings. The Morgan fingerprint density at radius 1 is 0.895 bits per heavy atom. The van der Waals surface area contributed by atoms with Gasteiger partial charge in [-0.15, -0.1) is 0 Å². The van der Waals surface area contributed by atoms with Gasteiger partial charge in [0.05, 0.1) is 6.61 Å². The Hall–Kier alpha value is -1.51. The average molecular weight is 264 g/mol. The van der Waals surface area contributed by atoms with Crippen LogP contribution in [0, 0.1) is 0 Å². The molecule has 0 aliphatic heterocycles. The summed E-state index contributed by atoms with van der Waals surface area (Å²) in [5.41, 5.74) is 1.42. The molecule has 0 saturated heterocycles. The third-order valence-electron chi connectivity index (χ3n) is 3.18. The van der Waals surface area contributed by atoms with Crippen molar-refractivity contribution in [1.82, 2.24) is 0 Å². The number of hydrogen-bond acceptors (Lipinski definition) is 2. The second-order valence-electron chi connectivity index (χ2n) is 4.82. The van der Waals surface area contributed by atoms with E-state index in [1.54, 1.807) is 0 Å². The molecule has 1 aromatic carbocycles. The van der Waals surface area contributed by atoms with E-state index < -0.39 is 6.16 Å². The molecule has 1 aromatic rings. The summed E-state index contributed by atoms with van der Waals surface area (Å²) in [5, 5.41) is 8.29. The van der Waals surface area contributed by atoms with E-state index in [0.717, 1.165) is 12.8 Å². The minimum atomic E-state index is -1.17. The zero-order valence-electron chi connectivity index (χ0n) is 11.5. The van der Waals surface area contributed by atoms with Crippen molar-refractivity contribution in [2.45, 2.75) is 51.4 Å². The molecule has 0 aromatic heterocycles. The molecule has 19 heavy (non-hydrogen) atoms. The van der Waals surface area contributed by atoms with Gasteiger partial charge in [0, 0.05) is 0 Å². The fourth-order valence-corrected chi connectivity index (χ4v) is 2.12. The van der Waals surface area contributed by atoms with Gasteiger partial charge in [-0.25, -0.2) is 4.79 Å². The molecular weight excluding hydrogens is 240 g/mol. The third-order valence-corrected chi connectivity index (χ3v) is 3.18. The van der Waals surface area contributed by atoms with Crippen molar-refractivity contribution in [2.24, 2.45) is 0 Å². The predicted molar refractivity (Wildman–Crippen MR) is 76.4 cm³/mol. The molecule has 106 valence electrons. The van der Waals surface area contributed by atoms with Crippen LogP contribution < -0.4 is 0 Å². The van der Waals surface area contributed by atoms with Crippen molar-refractivity contribution < 1.29 is 14.6 Å². The zero-order chi connectivity index (χ0) is 13.8. The number of benzene rings is 1. The lowest BCUT2D eigenvalue weighted by Gasteiger charge is -2.03. The molecule has 0 saturated carbocycles. The van der Waals surface area contributed by atoms with E-state index in [4.69, 9.17) is 5.11 Å². The van der Waals surface area contributed by atoms with Crippen molar-refractivity contribution in [3.05, 3.63) is 35.9 Å². The van der Waals surface area contributed by atoms with Crippen LogP contribution in [0.25, 0.3) is 0 Å². The molecule has 0 aliphatic carbocycles. The number of unbranched alkanes of at least 4 members (excludes halogenated alkanes) is 6. The van der Waals surface area contributed by atoms with Gasteiger partial charge >= 0.3 is 6.16 Å². The lowest BCUT2D eigenvalue weighted by Crippen LogP contribution is -2.01. The van der Waals surface area contributed by atoms with E-state index in [0.29, 0.717) is 6.61 Å². The molecule has 0 fully saturated rings. The van der Waals surface area contributed by atoms with Crippen LogP contribution in [0.3, 0.4) is 0 Å². The average Bonchev–Trinajstić information content (AvgIpc) is 2.42. The summed E-state index contributed by atoms with van der Waals surface area (Å²) in [7, 11) is 0. The molecule has 0 amide bonds. The Labute approximate surface area is 115 Å². The number of rotatable bonds is 10. The SMILES string of the molecule is O=C(O)OCCCCCCCCCc1ccccc1. The molecule has 0 heterocycles. The molecule has 0 atom stereocenters. The van der Waals surface area contributed by atoms with Gasteiger partial charge in [0.25, 0.3) is 0 Å². The summed E-state index contributed by atoms with van der Waals surface area (Å²) in [5.74, 6) is 0. The van der Waals surface area contributed by atoms with E-state index in [9.17, 15) is 4.79 Å². The Bertz CT molecular complexity index is 335. The first-order chi connectivity index (χ1) is 9.29. The second kappa shape index (κ2) is 10.4. The highest BCUT2D eigenvalue weighted by molar-refractivity contribution is 5.56. The van der Waals surface area contributed by atoms with Gasteiger partial charge in [-0.1, -0.05) is 62.4 Å². The fraction of sp³-hybridized carbons (Fsp3) is 0.562. The van der Waals surface area contributed by atoms with Gasteiger partial charge in [-0.3, -0.25) is 0 Å². The third kappa shape index (κ3) is 9.11. The first kappa shape index (κ1) is 15.5. The minimum absolute atomic E-state index is 0.337. The predicted octanol–water partition coefficient (Wildman–Crippen LogP) is 4.65. The van der Waals surface area contributed by atoms with Crippen molar-refractivity contribution in [1.29, 1.82) is 0 Å². The summed E-state index contributed by atoms with van der Waals surface area (Å²) in [6.07, 6.45) is 8.13. The zero-order valence-corrected chi connectivity index (χ0v) is 11.5. The molecule has 3 nitrogen and oxygen atoms in total. The molecule has 1 N–H and O–H groups in total. The van der Waals surface area contributed by atoms with Crippen LogP contribution in [0.4, 0.5) is 4.79 Å². The maximum absolute atomic E-state index is 10.1. The summed E-state index contributed by atoms with van der Waals surface area (Å²) in [6, 6.07) is 10.6. The summed E-state index contributed by atoms with van der Waals surface area (Å²) in [6.45, 7) is 0.337. The first-order valence-corrected chi connectivity index (χ1v) is 7.18. The Kier molecular flexibility index (Phi) is 8.52. The molecule has 0 bridgehead atoms. The number of carboxylic acid groups (broad SMARTS) is 1. The van der Waals surface area contributed by atoms with Crippen LogP contribution in [0.5, 0.6) is 0 Å². The maximum Gasteiger partial charge on any atom is 0.505 e. The van der Waals surface area contributed by atoms with Crippen LogP contribution in [-0.4, -0.2) is 17.9 Å². The van der Waals surface area contributed by atoms with Crippen molar-refractivity contribution in [3.63, 3.8) is 0 Å². The quantitative estimate of drug-likeness (QED) is 0.494. The van der Waals surface area contributed by atoms with Crippen LogP contribution in [0.2, 0.25) is 0 Å². The fourth-order valence-electron chi connectivity index (χ4n) is 2.12. The summed E-state index contributed by atoms with van der Waals surface area (Å²) in [4.78, 5) is 10.1. The van der Waals surface area contributed by atoms with E-state index in [2.05, 4.69) is 35.1 Å². The summed E-state index contributed by atoms with van der Waals surface area (Å²) >= 11 is 0. The maximum atomic E-state index is 10.1. The van der Waals surface area contributed by atoms with Crippen molar-refractivity contribution in [3.8, 4) is 0 Å². The van der Waals surface area contributed by atoms with E-state index >= 15 is 0 Å². The molecule has 0 unspecified atom stereocenters. The van der Waals surface area contributed by atoms with Crippen molar-refractivity contribution >= 4 is 6.16 Å². The first-order valence-electron chi connectivity index (χ1n) is 7.18. The molecular formula is C16H24O3. The lowest BCUT2D eigenvalue weighted by molar-refractivity contribution is 0.0899. The van der Waals surface area contributed by atoms with Crippen LogP contribution >= 0.6 is 0 Å². The standard InChI is InChI=1S/C16H24O3/c17-16(18)19-14-10-5-3-1-2-4-7-11-15-12-8-6-9-13-15/h6,8-9,12-13H,1-5,7,10-11,14H2,(H,17,18). The normalized spacial score (nSPS) is 10.3. The van der Waals surface area contributed by atoms with Crippen LogP contribution in [-0.2, 0) is 11.2 Å². The highest BCUT2D eigenvalue weighted by atomic mass is 16.7. The second-order valence-corrected chi connectivity index (χ2v) is 4.82. The number of ether oxygens (including phenoxy) is 1. The highest BCUT2D eigenvalue weighted by Gasteiger charge is 1.96. The van der Waals surface area contributed by atoms with E-state index in [-0.39, 0.29) is 0 Å². The smallest absolute Gasteiger partial charge is 0.450 e. The Morgan fingerprint density at radius 2 is 1.47 bits per heavy atom. The number of carbonyl (C=O) groups is 1. The van der Waals surface area contributed by atoms with Crippen LogP contribution in [0.1, 0.15) is 50.5 Å². The molecule has 0 radical (unpaired) electrons. The minimum Gasteiger partial charge on any atom is -0.450 e. The van der Waals surface area contributed by atoms with E-state index in [1.807, 2.05) is 0 Å². The molecule has 0 spiro atoms. The van der Waals surface area contributed by atoms with Gasteiger partial charge < -0.3 is 9.84 Å². The largest absolute Gasteiger partial charge is 0.505 e. The van der Waals surface area contributed by atoms with Crippen LogP contribution in [0.15, 0.2) is 30.3 Å². The number of hydrogen-bond donors (Lipinski definition) is 1.